The average molecular weight is 385 g/mol. The molecule has 1 unspecified atom stereocenters. The van der Waals surface area contributed by atoms with E-state index in [1.807, 2.05) is 0 Å². The Morgan fingerprint density at radius 1 is 0.519 bits per heavy atom. The molecule has 0 aliphatic carbocycles. The minimum absolute atomic E-state index is 0.454. The van der Waals surface area contributed by atoms with Crippen LogP contribution in [-0.2, 0) is 4.74 Å². The summed E-state index contributed by atoms with van der Waals surface area (Å²) in [6.07, 6.45) is 25.7. The van der Waals surface area contributed by atoms with Gasteiger partial charge in [0, 0.05) is 6.61 Å². The Hall–Kier alpha value is -0.120. The summed E-state index contributed by atoms with van der Waals surface area (Å²) >= 11 is 0. The summed E-state index contributed by atoms with van der Waals surface area (Å²) in [5.74, 6) is 0. The van der Waals surface area contributed by atoms with Crippen LogP contribution < -0.4 is 11.5 Å². The molecule has 0 aromatic rings. The van der Waals surface area contributed by atoms with Gasteiger partial charge in [-0.15, -0.1) is 0 Å². The van der Waals surface area contributed by atoms with Gasteiger partial charge in [-0.2, -0.15) is 0 Å². The lowest BCUT2D eigenvalue weighted by molar-refractivity contribution is 0.0367. The molecule has 0 radical (unpaired) electrons. The van der Waals surface area contributed by atoms with Gasteiger partial charge in [0.1, 0.15) is 0 Å². The first-order valence-electron chi connectivity index (χ1n) is 12.4. The molecule has 0 heterocycles. The van der Waals surface area contributed by atoms with E-state index in [1.165, 1.54) is 109 Å². The molecule has 164 valence electrons. The first-order chi connectivity index (χ1) is 13.3. The molecule has 4 N–H and O–H groups in total. The number of hydrogen-bond acceptors (Lipinski definition) is 3. The Morgan fingerprint density at radius 2 is 0.963 bits per heavy atom. The normalized spacial score (nSPS) is 12.6. The molecular weight excluding hydrogens is 332 g/mol. The van der Waals surface area contributed by atoms with Crippen molar-refractivity contribution in [1.29, 1.82) is 0 Å². The molecule has 0 rings (SSSR count). The van der Waals surface area contributed by atoms with Crippen LogP contribution in [0.4, 0.5) is 0 Å². The highest BCUT2D eigenvalue weighted by Crippen LogP contribution is 2.16. The van der Waals surface area contributed by atoms with Crippen LogP contribution in [0.15, 0.2) is 0 Å². The second kappa shape index (κ2) is 23.9. The quantitative estimate of drug-likeness (QED) is 0.192. The van der Waals surface area contributed by atoms with Crippen LogP contribution in [0, 0.1) is 0 Å². The molecule has 0 saturated heterocycles. The topological polar surface area (TPSA) is 61.3 Å². The number of unbranched alkanes of at least 4 members (excludes halogenated alkanes) is 14. The van der Waals surface area contributed by atoms with Gasteiger partial charge < -0.3 is 16.2 Å². The van der Waals surface area contributed by atoms with Crippen LogP contribution in [0.3, 0.4) is 0 Å². The highest BCUT2D eigenvalue weighted by Gasteiger charge is 2.08. The number of nitrogens with two attached hydrogens (primary N) is 2. The Bertz CT molecular complexity index is 261. The molecule has 0 aromatic heterocycles. The van der Waals surface area contributed by atoms with Gasteiger partial charge in [-0.1, -0.05) is 96.8 Å². The Morgan fingerprint density at radius 3 is 1.44 bits per heavy atom. The molecule has 0 aliphatic rings. The van der Waals surface area contributed by atoms with E-state index >= 15 is 0 Å². The van der Waals surface area contributed by atoms with Crippen molar-refractivity contribution in [3.8, 4) is 0 Å². The van der Waals surface area contributed by atoms with Crippen molar-refractivity contribution in [3.63, 3.8) is 0 Å². The third-order valence-electron chi connectivity index (χ3n) is 5.56. The predicted molar refractivity (Wildman–Crippen MR) is 121 cm³/mol. The smallest absolute Gasteiger partial charge is 0.0575 e. The van der Waals surface area contributed by atoms with Crippen molar-refractivity contribution in [2.75, 3.05) is 19.7 Å². The predicted octanol–water partition coefficient (Wildman–Crippen LogP) is 6.72. The largest absolute Gasteiger partial charge is 0.378 e. The summed E-state index contributed by atoms with van der Waals surface area (Å²) in [6.45, 7) is 4.84. The molecule has 0 saturated carbocycles. The molecule has 0 aliphatic heterocycles. The van der Waals surface area contributed by atoms with Gasteiger partial charge in [-0.05, 0) is 45.2 Å². The van der Waals surface area contributed by atoms with E-state index < -0.39 is 0 Å². The maximum atomic E-state index is 6.10. The average Bonchev–Trinajstić information content (AvgIpc) is 2.68. The maximum absolute atomic E-state index is 6.10. The molecule has 0 aromatic carbocycles. The van der Waals surface area contributed by atoms with Crippen LogP contribution in [0.1, 0.15) is 129 Å². The van der Waals surface area contributed by atoms with E-state index in [0.717, 1.165) is 32.5 Å². The van der Waals surface area contributed by atoms with Gasteiger partial charge in [-0.3, -0.25) is 0 Å². The van der Waals surface area contributed by atoms with Crippen molar-refractivity contribution in [3.05, 3.63) is 0 Å². The fraction of sp³-hybridized carbons (Fsp3) is 1.00. The maximum Gasteiger partial charge on any atom is 0.0575 e. The van der Waals surface area contributed by atoms with Gasteiger partial charge in [-0.25, -0.2) is 0 Å². The third-order valence-corrected chi connectivity index (χ3v) is 5.56. The monoisotopic (exact) mass is 384 g/mol. The molecule has 3 heteroatoms. The number of ether oxygens (including phenoxy) is 1. The molecular formula is C24H52N2O. The Balaban J connectivity index is 3.37. The molecule has 0 bridgehead atoms. The summed E-state index contributed by atoms with van der Waals surface area (Å²) in [7, 11) is 0. The molecule has 0 fully saturated rings. The zero-order valence-electron chi connectivity index (χ0n) is 18.7. The van der Waals surface area contributed by atoms with Gasteiger partial charge in [0.05, 0.1) is 6.10 Å². The zero-order valence-corrected chi connectivity index (χ0v) is 18.7. The highest BCUT2D eigenvalue weighted by molar-refractivity contribution is 4.60. The lowest BCUT2D eigenvalue weighted by Gasteiger charge is -2.17. The van der Waals surface area contributed by atoms with E-state index in [0.29, 0.717) is 6.10 Å². The third kappa shape index (κ3) is 22.0. The summed E-state index contributed by atoms with van der Waals surface area (Å²) < 4.78 is 6.10. The number of hydrogen-bond donors (Lipinski definition) is 2. The van der Waals surface area contributed by atoms with E-state index in [1.54, 1.807) is 0 Å². The van der Waals surface area contributed by atoms with Crippen molar-refractivity contribution >= 4 is 0 Å². The lowest BCUT2D eigenvalue weighted by Crippen LogP contribution is -2.16. The fourth-order valence-corrected chi connectivity index (χ4v) is 3.72. The van der Waals surface area contributed by atoms with Crippen LogP contribution >= 0.6 is 0 Å². The Labute approximate surface area is 171 Å². The number of rotatable bonds is 23. The Kier molecular flexibility index (Phi) is 23.8. The lowest BCUT2D eigenvalue weighted by atomic mass is 10.0. The standard InChI is InChI=1S/C24H52N2O/c1-2-3-17-23-27-24(20-18-22-26)19-15-13-11-9-7-5-4-6-8-10-12-14-16-21-25/h24H,2-23,25-26H2,1H3. The van der Waals surface area contributed by atoms with Crippen LogP contribution in [-0.4, -0.2) is 25.8 Å². The van der Waals surface area contributed by atoms with E-state index in [2.05, 4.69) is 6.92 Å². The van der Waals surface area contributed by atoms with E-state index in [-0.39, 0.29) is 0 Å². The van der Waals surface area contributed by atoms with Gasteiger partial charge in [0.2, 0.25) is 0 Å². The van der Waals surface area contributed by atoms with Crippen molar-refractivity contribution in [2.45, 2.75) is 135 Å². The summed E-state index contributed by atoms with van der Waals surface area (Å²) in [6, 6.07) is 0. The molecule has 0 amide bonds. The first-order valence-corrected chi connectivity index (χ1v) is 12.4. The highest BCUT2D eigenvalue weighted by atomic mass is 16.5. The van der Waals surface area contributed by atoms with Crippen molar-refractivity contribution in [1.82, 2.24) is 0 Å². The molecule has 0 spiro atoms. The zero-order chi connectivity index (χ0) is 19.8. The van der Waals surface area contributed by atoms with Crippen LogP contribution in [0.5, 0.6) is 0 Å². The van der Waals surface area contributed by atoms with Crippen LogP contribution in [0.25, 0.3) is 0 Å². The minimum atomic E-state index is 0.454. The second-order valence-electron chi connectivity index (χ2n) is 8.30. The summed E-state index contributed by atoms with van der Waals surface area (Å²) in [5, 5.41) is 0. The van der Waals surface area contributed by atoms with Crippen LogP contribution in [0.2, 0.25) is 0 Å². The van der Waals surface area contributed by atoms with Gasteiger partial charge in [0.25, 0.3) is 0 Å². The first kappa shape index (κ1) is 26.9. The van der Waals surface area contributed by atoms with Gasteiger partial charge >= 0.3 is 0 Å². The summed E-state index contributed by atoms with van der Waals surface area (Å²) in [4.78, 5) is 0. The second-order valence-corrected chi connectivity index (χ2v) is 8.30. The molecule has 1 atom stereocenters. The van der Waals surface area contributed by atoms with Crippen molar-refractivity contribution in [2.24, 2.45) is 11.5 Å². The minimum Gasteiger partial charge on any atom is -0.378 e. The van der Waals surface area contributed by atoms with E-state index in [4.69, 9.17) is 16.2 Å². The fourth-order valence-electron chi connectivity index (χ4n) is 3.72. The SMILES string of the molecule is CCCCCOC(CCCN)CCCCCCCCCCCCCCCN. The van der Waals surface area contributed by atoms with Crippen molar-refractivity contribution < 1.29 is 4.74 Å². The summed E-state index contributed by atoms with van der Waals surface area (Å²) in [5.41, 5.74) is 11.2. The molecule has 3 nitrogen and oxygen atoms in total. The van der Waals surface area contributed by atoms with Gasteiger partial charge in [0.15, 0.2) is 0 Å². The van der Waals surface area contributed by atoms with E-state index in [9.17, 15) is 0 Å². The molecule has 27 heavy (non-hydrogen) atoms.